The van der Waals surface area contributed by atoms with E-state index in [0.717, 1.165) is 18.4 Å². The van der Waals surface area contributed by atoms with Gasteiger partial charge in [0, 0.05) is 30.9 Å². The molecule has 158 valence electrons. The van der Waals surface area contributed by atoms with E-state index in [2.05, 4.69) is 14.9 Å². The summed E-state index contributed by atoms with van der Waals surface area (Å²) >= 11 is 0. The Morgan fingerprint density at radius 1 is 1.27 bits per heavy atom. The molecular formula is C22H24F2N4O2. The molecule has 30 heavy (non-hydrogen) atoms. The Labute approximate surface area is 173 Å². The number of fused-ring (bicyclic) bond motifs is 1. The first-order chi connectivity index (χ1) is 14.4. The van der Waals surface area contributed by atoms with Gasteiger partial charge < -0.3 is 20.4 Å². The van der Waals surface area contributed by atoms with Gasteiger partial charge in [-0.05, 0) is 43.5 Å². The molecule has 0 saturated carbocycles. The van der Waals surface area contributed by atoms with Crippen LogP contribution in [-0.4, -0.2) is 34.7 Å². The lowest BCUT2D eigenvalue weighted by molar-refractivity contribution is -0.122. The Hall–Kier alpha value is -2.84. The number of aromatic nitrogens is 2. The third-order valence-corrected chi connectivity index (χ3v) is 5.40. The fraction of sp³-hybridized carbons (Fsp3) is 0.364. The first-order valence-corrected chi connectivity index (χ1v) is 10.0. The summed E-state index contributed by atoms with van der Waals surface area (Å²) in [6, 6.07) is 8.36. The molecule has 0 unspecified atom stereocenters. The number of ether oxygens (including phenoxy) is 1. The minimum absolute atomic E-state index is 0.123. The highest BCUT2D eigenvalue weighted by Gasteiger charge is 2.23. The minimum Gasteiger partial charge on any atom is -0.381 e. The average Bonchev–Trinajstić information content (AvgIpc) is 3.09. The molecule has 0 aliphatic carbocycles. The molecule has 1 atom stereocenters. The zero-order chi connectivity index (χ0) is 21.3. The summed E-state index contributed by atoms with van der Waals surface area (Å²) in [5.41, 5.74) is 7.88. The number of nitrogens with two attached hydrogens (primary N) is 1. The van der Waals surface area contributed by atoms with Crippen molar-refractivity contribution in [3.05, 3.63) is 53.9 Å². The maximum atomic E-state index is 14.9. The van der Waals surface area contributed by atoms with Crippen LogP contribution in [-0.2, 0) is 16.1 Å². The van der Waals surface area contributed by atoms with E-state index in [0.29, 0.717) is 35.7 Å². The number of hydrogen-bond acceptors (Lipinski definition) is 4. The lowest BCUT2D eigenvalue weighted by Gasteiger charge is -2.26. The van der Waals surface area contributed by atoms with Crippen molar-refractivity contribution in [1.29, 1.82) is 0 Å². The number of amides is 1. The van der Waals surface area contributed by atoms with Crippen LogP contribution in [0.15, 0.2) is 36.4 Å². The Bertz CT molecular complexity index is 1060. The molecule has 1 aromatic heterocycles. The van der Waals surface area contributed by atoms with Crippen LogP contribution in [0.5, 0.6) is 0 Å². The van der Waals surface area contributed by atoms with Crippen LogP contribution in [0.25, 0.3) is 22.2 Å². The number of carbonyl (C=O) groups excluding carboxylic acids is 1. The smallest absolute Gasteiger partial charge is 0.237 e. The van der Waals surface area contributed by atoms with Gasteiger partial charge in [0.1, 0.15) is 17.5 Å². The molecule has 1 aliphatic heterocycles. The number of carbonyl (C=O) groups is 1. The Kier molecular flexibility index (Phi) is 5.78. The predicted molar refractivity (Wildman–Crippen MR) is 110 cm³/mol. The van der Waals surface area contributed by atoms with E-state index in [4.69, 9.17) is 10.5 Å². The van der Waals surface area contributed by atoms with Crippen LogP contribution in [0.2, 0.25) is 0 Å². The third kappa shape index (κ3) is 4.06. The molecule has 1 amide bonds. The third-order valence-electron chi connectivity index (χ3n) is 5.40. The van der Waals surface area contributed by atoms with Gasteiger partial charge in [0.05, 0.1) is 23.6 Å². The molecule has 1 fully saturated rings. The summed E-state index contributed by atoms with van der Waals surface area (Å²) in [6.45, 7) is 3.06. The van der Waals surface area contributed by atoms with E-state index in [1.807, 2.05) is 0 Å². The second-order valence-corrected chi connectivity index (χ2v) is 7.58. The second kappa shape index (κ2) is 8.49. The van der Waals surface area contributed by atoms with Crippen molar-refractivity contribution in [2.45, 2.75) is 38.4 Å². The van der Waals surface area contributed by atoms with Crippen LogP contribution in [0.1, 0.15) is 31.6 Å². The van der Waals surface area contributed by atoms with Crippen molar-refractivity contribution >= 4 is 16.9 Å². The van der Waals surface area contributed by atoms with Gasteiger partial charge in [0.25, 0.3) is 0 Å². The topological polar surface area (TPSA) is 82.2 Å². The highest BCUT2D eigenvalue weighted by Crippen LogP contribution is 2.33. The zero-order valence-corrected chi connectivity index (χ0v) is 16.7. The second-order valence-electron chi connectivity index (χ2n) is 7.58. The van der Waals surface area contributed by atoms with Gasteiger partial charge in [-0.25, -0.2) is 13.8 Å². The van der Waals surface area contributed by atoms with Gasteiger partial charge in [-0.1, -0.05) is 12.1 Å². The molecule has 8 heteroatoms. The molecular weight excluding hydrogens is 390 g/mol. The van der Waals surface area contributed by atoms with Crippen molar-refractivity contribution in [2.24, 2.45) is 5.73 Å². The number of nitrogens with one attached hydrogen (secondary N) is 1. The molecule has 0 spiro atoms. The van der Waals surface area contributed by atoms with Crippen molar-refractivity contribution in [2.75, 3.05) is 13.2 Å². The zero-order valence-electron chi connectivity index (χ0n) is 16.7. The average molecular weight is 414 g/mol. The van der Waals surface area contributed by atoms with Crippen molar-refractivity contribution in [1.82, 2.24) is 14.9 Å². The number of hydrogen-bond donors (Lipinski definition) is 2. The van der Waals surface area contributed by atoms with E-state index >= 15 is 0 Å². The highest BCUT2D eigenvalue weighted by atomic mass is 19.1. The Balaban J connectivity index is 1.80. The summed E-state index contributed by atoms with van der Waals surface area (Å²) in [5.74, 6) is -0.447. The number of halogens is 2. The number of rotatable bonds is 5. The first kappa shape index (κ1) is 20.4. The van der Waals surface area contributed by atoms with Crippen molar-refractivity contribution in [3.8, 4) is 11.1 Å². The monoisotopic (exact) mass is 414 g/mol. The maximum Gasteiger partial charge on any atom is 0.237 e. The van der Waals surface area contributed by atoms with Gasteiger partial charge in [0.15, 0.2) is 0 Å². The fourth-order valence-electron chi connectivity index (χ4n) is 3.82. The van der Waals surface area contributed by atoms with E-state index in [9.17, 15) is 13.6 Å². The Morgan fingerprint density at radius 2 is 1.97 bits per heavy atom. The fourth-order valence-corrected chi connectivity index (χ4v) is 3.82. The molecule has 1 saturated heterocycles. The van der Waals surface area contributed by atoms with Crippen LogP contribution < -0.4 is 11.1 Å². The molecule has 4 rings (SSSR count). The predicted octanol–water partition coefficient (Wildman–Crippen LogP) is 3.30. The summed E-state index contributed by atoms with van der Waals surface area (Å²) in [4.78, 5) is 16.6. The molecule has 2 heterocycles. The quantitative estimate of drug-likeness (QED) is 0.671. The normalized spacial score (nSPS) is 16.0. The minimum atomic E-state index is -0.631. The lowest BCUT2D eigenvalue weighted by Crippen LogP contribution is -2.38. The molecule has 3 aromatic rings. The molecule has 1 aliphatic rings. The summed E-state index contributed by atoms with van der Waals surface area (Å²) in [5, 5.41) is 2.79. The van der Waals surface area contributed by atoms with Crippen LogP contribution >= 0.6 is 0 Å². The van der Waals surface area contributed by atoms with Crippen LogP contribution in [0, 0.1) is 11.6 Å². The lowest BCUT2D eigenvalue weighted by atomic mass is 10.0. The molecule has 0 bridgehead atoms. The van der Waals surface area contributed by atoms with Crippen LogP contribution in [0.4, 0.5) is 8.78 Å². The van der Waals surface area contributed by atoms with Gasteiger partial charge in [-0.15, -0.1) is 0 Å². The van der Waals surface area contributed by atoms with Crippen LogP contribution in [0.3, 0.4) is 0 Å². The first-order valence-electron chi connectivity index (χ1n) is 10.0. The van der Waals surface area contributed by atoms with Gasteiger partial charge in [-0.2, -0.15) is 0 Å². The summed E-state index contributed by atoms with van der Waals surface area (Å²) < 4.78 is 35.7. The van der Waals surface area contributed by atoms with E-state index in [-0.39, 0.29) is 24.3 Å². The highest BCUT2D eigenvalue weighted by molar-refractivity contribution is 5.84. The SMILES string of the molecule is C[C@H](N)C(=O)NCc1nc2cc(F)c(-c3ccc(F)cc3)cc2n1C1CCOCC1. The molecule has 3 N–H and O–H groups in total. The largest absolute Gasteiger partial charge is 0.381 e. The van der Waals surface area contributed by atoms with Crippen molar-refractivity contribution < 1.29 is 18.3 Å². The standard InChI is InChI=1S/C22H24F2N4O2/c1-13(25)22(29)26-12-21-27-19-11-18(24)17(14-2-4-15(23)5-3-14)10-20(19)28(21)16-6-8-30-9-7-16/h2-5,10-11,13,16H,6-9,12,25H2,1H3,(H,26,29)/t13-/m0/s1. The Morgan fingerprint density at radius 3 is 2.63 bits per heavy atom. The number of benzene rings is 2. The van der Waals surface area contributed by atoms with E-state index in [1.165, 1.54) is 18.2 Å². The maximum absolute atomic E-state index is 14.9. The molecule has 2 aromatic carbocycles. The molecule has 6 nitrogen and oxygen atoms in total. The van der Waals surface area contributed by atoms with E-state index in [1.54, 1.807) is 25.1 Å². The number of imidazole rings is 1. The molecule has 0 radical (unpaired) electrons. The van der Waals surface area contributed by atoms with Gasteiger partial charge in [-0.3, -0.25) is 4.79 Å². The summed E-state index contributed by atoms with van der Waals surface area (Å²) in [6.07, 6.45) is 1.59. The number of nitrogens with zero attached hydrogens (tertiary/aromatic N) is 2. The van der Waals surface area contributed by atoms with Gasteiger partial charge in [0.2, 0.25) is 5.91 Å². The van der Waals surface area contributed by atoms with E-state index < -0.39 is 11.9 Å². The summed E-state index contributed by atoms with van der Waals surface area (Å²) in [7, 11) is 0. The van der Waals surface area contributed by atoms with Gasteiger partial charge >= 0.3 is 0 Å². The van der Waals surface area contributed by atoms with Crippen molar-refractivity contribution in [3.63, 3.8) is 0 Å².